The predicted molar refractivity (Wildman–Crippen MR) is 83.3 cm³/mol. The van der Waals surface area contributed by atoms with Gasteiger partial charge in [0.05, 0.1) is 24.8 Å². The van der Waals surface area contributed by atoms with Gasteiger partial charge in [-0.05, 0) is 25.5 Å². The number of likely N-dealkylation sites (N-methyl/N-ethyl adjacent to an activating group) is 1. The minimum absolute atomic E-state index is 0.0843. The van der Waals surface area contributed by atoms with Crippen LogP contribution in [0.3, 0.4) is 0 Å². The first-order chi connectivity index (χ1) is 10.0. The monoisotopic (exact) mass is 307 g/mol. The van der Waals surface area contributed by atoms with Crippen molar-refractivity contribution in [3.63, 3.8) is 0 Å². The Hall–Kier alpha value is -1.59. The zero-order valence-electron chi connectivity index (χ0n) is 12.4. The molecular formula is C15H18ClN3O2. The van der Waals surface area contributed by atoms with Crippen LogP contribution in [0.15, 0.2) is 18.3 Å². The summed E-state index contributed by atoms with van der Waals surface area (Å²) >= 11 is 6.35. The fraction of sp³-hybridized carbons (Fsp3) is 0.467. The van der Waals surface area contributed by atoms with E-state index in [0.717, 1.165) is 18.4 Å². The van der Waals surface area contributed by atoms with E-state index < -0.39 is 0 Å². The first-order valence-electron chi connectivity index (χ1n) is 6.86. The molecule has 1 fully saturated rings. The van der Waals surface area contributed by atoms with E-state index in [2.05, 4.69) is 21.8 Å². The molecule has 21 heavy (non-hydrogen) atoms. The van der Waals surface area contributed by atoms with Crippen molar-refractivity contribution < 1.29 is 9.47 Å². The quantitative estimate of drug-likeness (QED) is 0.872. The number of fused-ring (bicyclic) bond motifs is 1. The lowest BCUT2D eigenvalue weighted by molar-refractivity contribution is 0.180. The molecular weight excluding hydrogens is 290 g/mol. The molecule has 2 aromatic rings. The summed E-state index contributed by atoms with van der Waals surface area (Å²) in [6, 6.07) is 3.73. The summed E-state index contributed by atoms with van der Waals surface area (Å²) < 4.78 is 10.8. The fourth-order valence-corrected chi connectivity index (χ4v) is 2.81. The van der Waals surface area contributed by atoms with Gasteiger partial charge in [-0.3, -0.25) is 0 Å². The Morgan fingerprint density at radius 1 is 1.43 bits per heavy atom. The minimum Gasteiger partial charge on any atom is -0.495 e. The van der Waals surface area contributed by atoms with Crippen LogP contribution >= 0.6 is 11.6 Å². The van der Waals surface area contributed by atoms with Crippen LogP contribution < -0.4 is 9.64 Å². The van der Waals surface area contributed by atoms with E-state index in [-0.39, 0.29) is 5.54 Å². The second-order valence-electron chi connectivity index (χ2n) is 5.55. The third kappa shape index (κ3) is 2.40. The molecule has 5 nitrogen and oxygen atoms in total. The highest BCUT2D eigenvalue weighted by molar-refractivity contribution is 6.36. The Morgan fingerprint density at radius 3 is 2.90 bits per heavy atom. The highest BCUT2D eigenvalue weighted by Crippen LogP contribution is 2.33. The molecule has 1 unspecified atom stereocenters. The maximum Gasteiger partial charge on any atom is 0.226 e. The van der Waals surface area contributed by atoms with Crippen molar-refractivity contribution in [3.05, 3.63) is 23.4 Å². The van der Waals surface area contributed by atoms with Crippen LogP contribution in [0.5, 0.6) is 5.75 Å². The van der Waals surface area contributed by atoms with Gasteiger partial charge in [-0.1, -0.05) is 11.6 Å². The largest absolute Gasteiger partial charge is 0.495 e. The van der Waals surface area contributed by atoms with Crippen molar-refractivity contribution in [1.29, 1.82) is 0 Å². The van der Waals surface area contributed by atoms with Gasteiger partial charge in [0.25, 0.3) is 0 Å². The van der Waals surface area contributed by atoms with Gasteiger partial charge in [-0.25, -0.2) is 9.97 Å². The van der Waals surface area contributed by atoms with Crippen molar-refractivity contribution in [1.82, 2.24) is 9.97 Å². The number of methoxy groups -OCH3 is 1. The number of rotatable bonds is 3. The van der Waals surface area contributed by atoms with Gasteiger partial charge in [0, 0.05) is 25.2 Å². The minimum atomic E-state index is -0.0843. The number of halogens is 1. The van der Waals surface area contributed by atoms with Gasteiger partial charge in [-0.2, -0.15) is 0 Å². The molecule has 1 saturated heterocycles. The molecule has 3 rings (SSSR count). The molecule has 1 aliphatic rings. The fourth-order valence-electron chi connectivity index (χ4n) is 2.52. The smallest absolute Gasteiger partial charge is 0.226 e. The highest BCUT2D eigenvalue weighted by atomic mass is 35.5. The van der Waals surface area contributed by atoms with Crippen molar-refractivity contribution >= 4 is 28.5 Å². The van der Waals surface area contributed by atoms with Crippen LogP contribution in [-0.4, -0.2) is 42.9 Å². The number of aromatic nitrogens is 2. The van der Waals surface area contributed by atoms with E-state index in [4.69, 9.17) is 21.1 Å². The van der Waals surface area contributed by atoms with Crippen molar-refractivity contribution in [2.24, 2.45) is 0 Å². The average Bonchev–Trinajstić information content (AvgIpc) is 2.95. The standard InChI is InChI=1S/C15H18ClN3O2/c1-15(6-7-21-9-15)19(2)14-17-8-10-4-5-11(20-3)12(16)13(10)18-14/h4-5,8H,6-7,9H2,1-3H3. The molecule has 1 aromatic heterocycles. The topological polar surface area (TPSA) is 47.5 Å². The molecule has 0 bridgehead atoms. The van der Waals surface area contributed by atoms with Gasteiger partial charge in [0.2, 0.25) is 5.95 Å². The average molecular weight is 308 g/mol. The van der Waals surface area contributed by atoms with E-state index in [1.807, 2.05) is 19.2 Å². The molecule has 6 heteroatoms. The van der Waals surface area contributed by atoms with Gasteiger partial charge >= 0.3 is 0 Å². The summed E-state index contributed by atoms with van der Waals surface area (Å²) in [5.41, 5.74) is 0.620. The SMILES string of the molecule is COc1ccc2cnc(N(C)C3(C)CCOC3)nc2c1Cl. The molecule has 1 atom stereocenters. The van der Waals surface area contributed by atoms with Crippen LogP contribution in [-0.2, 0) is 4.74 Å². The summed E-state index contributed by atoms with van der Waals surface area (Å²) in [4.78, 5) is 11.1. The summed E-state index contributed by atoms with van der Waals surface area (Å²) in [6.07, 6.45) is 2.75. The molecule has 0 aliphatic carbocycles. The zero-order chi connectivity index (χ0) is 15.0. The Morgan fingerprint density at radius 2 is 2.24 bits per heavy atom. The number of anilines is 1. The van der Waals surface area contributed by atoms with Gasteiger partial charge in [0.15, 0.2) is 0 Å². The lowest BCUT2D eigenvalue weighted by Crippen LogP contribution is -2.45. The Balaban J connectivity index is 2.05. The lowest BCUT2D eigenvalue weighted by atomic mass is 10.0. The van der Waals surface area contributed by atoms with Crippen LogP contribution in [0.4, 0.5) is 5.95 Å². The molecule has 0 saturated carbocycles. The number of benzene rings is 1. The third-order valence-electron chi connectivity index (χ3n) is 4.17. The summed E-state index contributed by atoms with van der Waals surface area (Å²) in [5, 5.41) is 1.41. The maximum atomic E-state index is 6.35. The predicted octanol–water partition coefficient (Wildman–Crippen LogP) is 2.91. The Kier molecular flexibility index (Phi) is 3.63. The van der Waals surface area contributed by atoms with E-state index in [1.54, 1.807) is 13.3 Å². The molecule has 112 valence electrons. The van der Waals surface area contributed by atoms with Crippen molar-refractivity contribution in [2.45, 2.75) is 18.9 Å². The second kappa shape index (κ2) is 5.31. The summed E-state index contributed by atoms with van der Waals surface area (Å²) in [6.45, 7) is 3.60. The van der Waals surface area contributed by atoms with Crippen molar-refractivity contribution in [2.75, 3.05) is 32.3 Å². The Bertz CT molecular complexity index is 671. The molecule has 1 aliphatic heterocycles. The number of nitrogens with zero attached hydrogens (tertiary/aromatic N) is 3. The van der Waals surface area contributed by atoms with E-state index in [9.17, 15) is 0 Å². The van der Waals surface area contributed by atoms with Gasteiger partial charge in [-0.15, -0.1) is 0 Å². The third-order valence-corrected chi connectivity index (χ3v) is 4.54. The zero-order valence-corrected chi connectivity index (χ0v) is 13.1. The molecule has 2 heterocycles. The number of ether oxygens (including phenoxy) is 2. The van der Waals surface area contributed by atoms with Crippen molar-refractivity contribution in [3.8, 4) is 5.75 Å². The van der Waals surface area contributed by atoms with E-state index in [0.29, 0.717) is 28.8 Å². The first-order valence-corrected chi connectivity index (χ1v) is 7.24. The van der Waals surface area contributed by atoms with E-state index in [1.165, 1.54) is 0 Å². The molecule has 0 spiro atoms. The first kappa shape index (κ1) is 14.4. The number of hydrogen-bond acceptors (Lipinski definition) is 5. The second-order valence-corrected chi connectivity index (χ2v) is 5.93. The van der Waals surface area contributed by atoms with Crippen LogP contribution in [0.25, 0.3) is 10.9 Å². The molecule has 0 N–H and O–H groups in total. The maximum absolute atomic E-state index is 6.35. The molecule has 0 amide bonds. The van der Waals surface area contributed by atoms with Gasteiger partial charge < -0.3 is 14.4 Å². The number of hydrogen-bond donors (Lipinski definition) is 0. The van der Waals surface area contributed by atoms with Crippen LogP contribution in [0.2, 0.25) is 5.02 Å². The normalized spacial score (nSPS) is 21.7. The lowest BCUT2D eigenvalue weighted by Gasteiger charge is -2.34. The summed E-state index contributed by atoms with van der Waals surface area (Å²) in [5.74, 6) is 1.26. The van der Waals surface area contributed by atoms with E-state index >= 15 is 0 Å². The van der Waals surface area contributed by atoms with Gasteiger partial charge in [0.1, 0.15) is 10.8 Å². The van der Waals surface area contributed by atoms with Crippen LogP contribution in [0, 0.1) is 0 Å². The molecule has 0 radical (unpaired) electrons. The highest BCUT2D eigenvalue weighted by Gasteiger charge is 2.35. The Labute approximate surface area is 128 Å². The molecule has 1 aromatic carbocycles. The van der Waals surface area contributed by atoms with Crippen LogP contribution in [0.1, 0.15) is 13.3 Å². The summed E-state index contributed by atoms with van der Waals surface area (Å²) in [7, 11) is 3.59.